The number of carbonyl (C=O) groups is 1. The second kappa shape index (κ2) is 6.98. The molecule has 0 fully saturated rings. The van der Waals surface area contributed by atoms with Crippen LogP contribution >= 0.6 is 0 Å². The van der Waals surface area contributed by atoms with Crippen LogP contribution in [0, 0.1) is 5.95 Å². The van der Waals surface area contributed by atoms with Gasteiger partial charge >= 0.3 is 5.97 Å². The van der Waals surface area contributed by atoms with Gasteiger partial charge in [-0.05, 0) is 18.9 Å². The summed E-state index contributed by atoms with van der Waals surface area (Å²) in [6, 6.07) is 9.01. The van der Waals surface area contributed by atoms with Crippen molar-refractivity contribution in [3.05, 3.63) is 60.2 Å². The minimum atomic E-state index is -0.938. The van der Waals surface area contributed by atoms with Crippen molar-refractivity contribution in [1.29, 1.82) is 0 Å². The maximum absolute atomic E-state index is 13.9. The molecule has 2 atom stereocenters. The Morgan fingerprint density at radius 1 is 1.45 bits per heavy atom. The molecule has 0 spiro atoms. The first-order valence-corrected chi connectivity index (χ1v) is 7.07. The molecule has 5 nitrogen and oxygen atoms in total. The van der Waals surface area contributed by atoms with E-state index >= 15 is 0 Å². The van der Waals surface area contributed by atoms with E-state index in [1.165, 1.54) is 10.8 Å². The number of nitrogens with zero attached hydrogens (tertiary/aromatic N) is 3. The lowest BCUT2D eigenvalue weighted by Crippen LogP contribution is -2.22. The molecule has 1 aromatic carbocycles. The summed E-state index contributed by atoms with van der Waals surface area (Å²) >= 11 is 0. The Hall–Kier alpha value is -2.50. The molecule has 0 N–H and O–H groups in total. The van der Waals surface area contributed by atoms with Crippen LogP contribution in [0.5, 0.6) is 0 Å². The predicted octanol–water partition coefficient (Wildman–Crippen LogP) is 3.15. The number of aromatic nitrogens is 3. The number of halogens is 1. The van der Waals surface area contributed by atoms with Crippen LogP contribution in [0.2, 0.25) is 0 Å². The van der Waals surface area contributed by atoms with Gasteiger partial charge in [-0.15, -0.1) is 0 Å². The molecule has 1 unspecified atom stereocenters. The zero-order valence-corrected chi connectivity index (χ0v) is 12.6. The van der Waals surface area contributed by atoms with Crippen molar-refractivity contribution in [2.75, 3.05) is 0 Å². The molecule has 0 aliphatic carbocycles. The number of esters is 1. The molecule has 0 saturated heterocycles. The third-order valence-electron chi connectivity index (χ3n) is 3.42. The van der Waals surface area contributed by atoms with Crippen LogP contribution in [0.4, 0.5) is 4.39 Å². The van der Waals surface area contributed by atoms with Crippen LogP contribution in [-0.2, 0) is 4.74 Å². The summed E-state index contributed by atoms with van der Waals surface area (Å²) in [6.45, 7) is 7.24. The summed E-state index contributed by atoms with van der Waals surface area (Å²) in [5.74, 6) is -1.73. The summed E-state index contributed by atoms with van der Waals surface area (Å²) in [4.78, 5) is 12.2. The van der Waals surface area contributed by atoms with E-state index in [9.17, 15) is 9.18 Å². The van der Waals surface area contributed by atoms with E-state index in [1.54, 1.807) is 0 Å². The van der Waals surface area contributed by atoms with Gasteiger partial charge < -0.3 is 4.74 Å². The van der Waals surface area contributed by atoms with Gasteiger partial charge in [-0.1, -0.05) is 60.2 Å². The molecular weight excluding hydrogens is 285 g/mol. The second-order valence-corrected chi connectivity index (χ2v) is 4.85. The second-order valence-electron chi connectivity index (χ2n) is 4.85. The highest BCUT2D eigenvalue weighted by Crippen LogP contribution is 2.20. The first-order chi connectivity index (χ1) is 10.6. The van der Waals surface area contributed by atoms with Crippen molar-refractivity contribution in [3.8, 4) is 0 Å². The fourth-order valence-corrected chi connectivity index (χ4v) is 2.09. The third-order valence-corrected chi connectivity index (χ3v) is 3.42. The number of carbonyl (C=O) groups excluding carboxylic acids is 1. The van der Waals surface area contributed by atoms with Gasteiger partial charge in [-0.25, -0.2) is 9.48 Å². The highest BCUT2D eigenvalue weighted by Gasteiger charge is 2.26. The maximum atomic E-state index is 13.9. The molecule has 2 aromatic rings. The van der Waals surface area contributed by atoms with Gasteiger partial charge in [0.05, 0.1) is 6.04 Å². The van der Waals surface area contributed by atoms with Crippen molar-refractivity contribution < 1.29 is 13.9 Å². The van der Waals surface area contributed by atoms with Gasteiger partial charge in [-0.2, -0.15) is 4.39 Å². The van der Waals surface area contributed by atoms with Gasteiger partial charge in [0, 0.05) is 0 Å². The Balaban J connectivity index is 2.32. The van der Waals surface area contributed by atoms with Crippen LogP contribution in [0.1, 0.15) is 42.4 Å². The quantitative estimate of drug-likeness (QED) is 0.607. The Morgan fingerprint density at radius 3 is 2.73 bits per heavy atom. The van der Waals surface area contributed by atoms with E-state index in [4.69, 9.17) is 4.74 Å². The monoisotopic (exact) mass is 303 g/mol. The summed E-state index contributed by atoms with van der Waals surface area (Å²) in [5, 5.41) is 7.10. The molecule has 1 aromatic heterocycles. The van der Waals surface area contributed by atoms with Crippen molar-refractivity contribution in [3.63, 3.8) is 0 Å². The molecule has 6 heteroatoms. The van der Waals surface area contributed by atoms with Gasteiger partial charge in [0.15, 0.2) is 0 Å². The normalized spacial score (nSPS) is 13.4. The predicted molar refractivity (Wildman–Crippen MR) is 79.9 cm³/mol. The van der Waals surface area contributed by atoms with Crippen molar-refractivity contribution in [2.24, 2.45) is 0 Å². The van der Waals surface area contributed by atoms with Gasteiger partial charge in [0.2, 0.25) is 5.69 Å². The minimum Gasteiger partial charge on any atom is -0.453 e. The van der Waals surface area contributed by atoms with Crippen LogP contribution in [-0.4, -0.2) is 27.1 Å². The zero-order valence-electron chi connectivity index (χ0n) is 12.6. The number of benzene rings is 1. The summed E-state index contributed by atoms with van der Waals surface area (Å²) in [5.41, 5.74) is 0.605. The Kier molecular flexibility index (Phi) is 5.04. The van der Waals surface area contributed by atoms with Gasteiger partial charge in [0.25, 0.3) is 5.95 Å². The van der Waals surface area contributed by atoms with E-state index in [0.29, 0.717) is 6.42 Å². The van der Waals surface area contributed by atoms with Gasteiger partial charge in [0.1, 0.15) is 6.10 Å². The lowest BCUT2D eigenvalue weighted by molar-refractivity contribution is 0.0367. The Morgan fingerprint density at radius 2 is 2.14 bits per heavy atom. The van der Waals surface area contributed by atoms with Crippen molar-refractivity contribution in [1.82, 2.24) is 15.0 Å². The van der Waals surface area contributed by atoms with Crippen LogP contribution in [0.15, 0.2) is 43.0 Å². The Labute approximate surface area is 128 Å². The zero-order chi connectivity index (χ0) is 16.1. The number of hydrogen-bond donors (Lipinski definition) is 0. The summed E-state index contributed by atoms with van der Waals surface area (Å²) < 4.78 is 20.3. The number of rotatable bonds is 6. The highest BCUT2D eigenvalue weighted by molar-refractivity contribution is 5.87. The van der Waals surface area contributed by atoms with Crippen LogP contribution in [0.25, 0.3) is 0 Å². The Bertz CT molecular complexity index is 655. The average Bonchev–Trinajstić information content (AvgIpc) is 2.94. The third kappa shape index (κ3) is 3.21. The van der Waals surface area contributed by atoms with Crippen molar-refractivity contribution >= 4 is 5.97 Å². The first kappa shape index (κ1) is 15.9. The molecule has 1 heterocycles. The maximum Gasteiger partial charge on any atom is 0.362 e. The van der Waals surface area contributed by atoms with Crippen molar-refractivity contribution in [2.45, 2.75) is 32.4 Å². The van der Waals surface area contributed by atoms with Crippen LogP contribution < -0.4 is 0 Å². The highest BCUT2D eigenvalue weighted by atomic mass is 19.1. The van der Waals surface area contributed by atoms with Gasteiger partial charge in [-0.3, -0.25) is 0 Å². The fourth-order valence-electron chi connectivity index (χ4n) is 2.09. The SMILES string of the molecule is C=CC(CC)OC(=O)c1c(F)nnn1[C@H](C)c1ccccc1. The molecule has 0 aliphatic rings. The lowest BCUT2D eigenvalue weighted by Gasteiger charge is -2.16. The standard InChI is InChI=1S/C16H18FN3O2/c1-4-13(5-2)22-16(21)14-15(17)18-19-20(14)11(3)12-9-7-6-8-10-12/h4,6-11,13H,1,5H2,2-3H3/t11-,13?/m1/s1. The molecule has 116 valence electrons. The summed E-state index contributed by atoms with van der Waals surface area (Å²) in [6.07, 6.45) is 1.60. The molecule has 22 heavy (non-hydrogen) atoms. The van der Waals surface area contributed by atoms with E-state index in [0.717, 1.165) is 5.56 Å². The average molecular weight is 303 g/mol. The molecule has 0 bridgehead atoms. The number of ether oxygens (including phenoxy) is 1. The van der Waals surface area contributed by atoms with Crippen LogP contribution in [0.3, 0.4) is 0 Å². The summed E-state index contributed by atoms with van der Waals surface area (Å²) in [7, 11) is 0. The number of hydrogen-bond acceptors (Lipinski definition) is 4. The van der Waals surface area contributed by atoms with E-state index in [-0.39, 0.29) is 11.7 Å². The molecule has 0 saturated carbocycles. The first-order valence-electron chi connectivity index (χ1n) is 7.07. The molecular formula is C16H18FN3O2. The molecule has 2 rings (SSSR count). The lowest BCUT2D eigenvalue weighted by atomic mass is 10.1. The topological polar surface area (TPSA) is 57.0 Å². The molecule has 0 amide bonds. The minimum absolute atomic E-state index is 0.281. The van der Waals surface area contributed by atoms with E-state index in [2.05, 4.69) is 16.9 Å². The van der Waals surface area contributed by atoms with E-state index in [1.807, 2.05) is 44.2 Å². The van der Waals surface area contributed by atoms with E-state index < -0.39 is 18.0 Å². The molecule has 0 radical (unpaired) electrons. The largest absolute Gasteiger partial charge is 0.453 e. The molecule has 0 aliphatic heterocycles. The fraction of sp³-hybridized carbons (Fsp3) is 0.312. The smallest absolute Gasteiger partial charge is 0.362 e.